The van der Waals surface area contributed by atoms with E-state index in [2.05, 4.69) is 5.10 Å². The van der Waals surface area contributed by atoms with Crippen LogP contribution in [0.4, 0.5) is 18.9 Å². The largest absolute Gasteiger partial charge is 0.416 e. The maximum Gasteiger partial charge on any atom is 0.416 e. The van der Waals surface area contributed by atoms with Gasteiger partial charge in [0.05, 0.1) is 21.3 Å². The SMILES string of the molecule is CC1=NN(c2c(Cl)cc(C(F)(F)F)cc2Cl)C(=O)C1C=O. The number of aldehydes is 1. The van der Waals surface area contributed by atoms with Crippen LogP contribution in [0.2, 0.25) is 10.0 Å². The normalized spacial score (nSPS) is 19.0. The molecular formula is C12H7Cl2F3N2O2. The highest BCUT2D eigenvalue weighted by molar-refractivity contribution is 6.40. The molecule has 0 N–H and O–H groups in total. The lowest BCUT2D eigenvalue weighted by Gasteiger charge is -2.17. The summed E-state index contributed by atoms with van der Waals surface area (Å²) in [5, 5.41) is 3.81. The molecule has 4 nitrogen and oxygen atoms in total. The molecule has 0 bridgehead atoms. The molecule has 1 aromatic rings. The lowest BCUT2D eigenvalue weighted by Crippen LogP contribution is -2.28. The van der Waals surface area contributed by atoms with Gasteiger partial charge in [-0.3, -0.25) is 4.79 Å². The zero-order chi connectivity index (χ0) is 15.9. The Bertz CT molecular complexity index is 635. The van der Waals surface area contributed by atoms with Crippen molar-refractivity contribution in [2.75, 3.05) is 5.01 Å². The van der Waals surface area contributed by atoms with Crippen molar-refractivity contribution >= 4 is 46.8 Å². The van der Waals surface area contributed by atoms with Gasteiger partial charge in [0, 0.05) is 0 Å². The first-order valence-electron chi connectivity index (χ1n) is 5.57. The van der Waals surface area contributed by atoms with E-state index in [0.717, 1.165) is 5.01 Å². The zero-order valence-electron chi connectivity index (χ0n) is 10.4. The second-order valence-electron chi connectivity index (χ2n) is 4.29. The van der Waals surface area contributed by atoms with Crippen LogP contribution in [0.3, 0.4) is 0 Å². The van der Waals surface area contributed by atoms with Gasteiger partial charge >= 0.3 is 6.18 Å². The van der Waals surface area contributed by atoms with Crippen LogP contribution in [0.1, 0.15) is 12.5 Å². The van der Waals surface area contributed by atoms with E-state index >= 15 is 0 Å². The number of nitrogens with zero attached hydrogens (tertiary/aromatic N) is 2. The highest BCUT2D eigenvalue weighted by Gasteiger charge is 2.38. The minimum absolute atomic E-state index is 0.181. The number of anilines is 1. The molecule has 1 aliphatic heterocycles. The Balaban J connectivity index is 2.52. The fourth-order valence-electron chi connectivity index (χ4n) is 1.83. The predicted octanol–water partition coefficient (Wildman–Crippen LogP) is 3.55. The van der Waals surface area contributed by atoms with Crippen molar-refractivity contribution in [1.82, 2.24) is 0 Å². The van der Waals surface area contributed by atoms with Crippen molar-refractivity contribution in [2.45, 2.75) is 13.1 Å². The molecule has 1 amide bonds. The number of rotatable bonds is 2. The van der Waals surface area contributed by atoms with Crippen LogP contribution in [0.15, 0.2) is 17.2 Å². The summed E-state index contributed by atoms with van der Waals surface area (Å²) in [7, 11) is 0. The molecule has 2 rings (SSSR count). The summed E-state index contributed by atoms with van der Waals surface area (Å²) < 4.78 is 37.9. The number of hydrogen-bond donors (Lipinski definition) is 0. The average Bonchev–Trinajstić information content (AvgIpc) is 2.62. The molecule has 0 saturated heterocycles. The third-order valence-electron chi connectivity index (χ3n) is 2.87. The molecule has 1 aromatic carbocycles. The maximum absolute atomic E-state index is 12.6. The van der Waals surface area contributed by atoms with E-state index in [1.165, 1.54) is 6.92 Å². The van der Waals surface area contributed by atoms with Gasteiger partial charge in [0.1, 0.15) is 17.9 Å². The van der Waals surface area contributed by atoms with Crippen LogP contribution in [-0.2, 0) is 15.8 Å². The smallest absolute Gasteiger partial charge is 0.302 e. The summed E-state index contributed by atoms with van der Waals surface area (Å²) in [6, 6.07) is 1.30. The number of hydrazone groups is 1. The fourth-order valence-corrected chi connectivity index (χ4v) is 2.48. The second kappa shape index (κ2) is 5.31. The van der Waals surface area contributed by atoms with E-state index in [1.54, 1.807) is 0 Å². The van der Waals surface area contributed by atoms with Crippen LogP contribution in [-0.4, -0.2) is 17.9 Å². The van der Waals surface area contributed by atoms with E-state index in [9.17, 15) is 22.8 Å². The van der Waals surface area contributed by atoms with Crippen molar-refractivity contribution in [2.24, 2.45) is 11.0 Å². The van der Waals surface area contributed by atoms with E-state index in [4.69, 9.17) is 23.2 Å². The van der Waals surface area contributed by atoms with E-state index in [-0.39, 0.29) is 21.4 Å². The third-order valence-corrected chi connectivity index (χ3v) is 3.45. The first-order valence-corrected chi connectivity index (χ1v) is 6.33. The van der Waals surface area contributed by atoms with Crippen molar-refractivity contribution < 1.29 is 22.8 Å². The first-order chi connectivity index (χ1) is 9.66. The van der Waals surface area contributed by atoms with Crippen LogP contribution >= 0.6 is 23.2 Å². The fraction of sp³-hybridized carbons (Fsp3) is 0.250. The molecular weight excluding hydrogens is 332 g/mol. The van der Waals surface area contributed by atoms with E-state index in [0.29, 0.717) is 18.4 Å². The predicted molar refractivity (Wildman–Crippen MR) is 71.6 cm³/mol. The topological polar surface area (TPSA) is 49.7 Å². The van der Waals surface area contributed by atoms with E-state index in [1.807, 2.05) is 0 Å². The Morgan fingerprint density at radius 2 is 1.81 bits per heavy atom. The summed E-state index contributed by atoms with van der Waals surface area (Å²) in [5.41, 5.74) is -1.01. The van der Waals surface area contributed by atoms with Crippen molar-refractivity contribution in [1.29, 1.82) is 0 Å². The van der Waals surface area contributed by atoms with Gasteiger partial charge in [-0.2, -0.15) is 23.3 Å². The monoisotopic (exact) mass is 338 g/mol. The highest BCUT2D eigenvalue weighted by Crippen LogP contribution is 2.41. The number of benzene rings is 1. The number of halogens is 5. The summed E-state index contributed by atoms with van der Waals surface area (Å²) in [4.78, 5) is 22.8. The van der Waals surface area contributed by atoms with Crippen molar-refractivity contribution in [3.05, 3.63) is 27.7 Å². The first kappa shape index (κ1) is 15.8. The van der Waals surface area contributed by atoms with Crippen molar-refractivity contribution in [3.8, 4) is 0 Å². The number of carbonyl (C=O) groups is 2. The standard InChI is InChI=1S/C12H7Cl2F3N2O2/c1-5-7(4-20)11(21)19(18-5)10-8(13)2-6(3-9(10)14)12(15,16)17/h2-4,7H,1H3. The minimum atomic E-state index is -4.62. The molecule has 1 heterocycles. The van der Waals surface area contributed by atoms with Gasteiger partial charge in [0.2, 0.25) is 0 Å². The summed E-state index contributed by atoms with van der Waals surface area (Å²) in [5.74, 6) is -1.80. The second-order valence-corrected chi connectivity index (χ2v) is 5.11. The molecule has 0 saturated carbocycles. The van der Waals surface area contributed by atoms with Gasteiger partial charge in [-0.1, -0.05) is 23.2 Å². The lowest BCUT2D eigenvalue weighted by atomic mass is 10.1. The maximum atomic E-state index is 12.6. The van der Waals surface area contributed by atoms with Crippen LogP contribution < -0.4 is 5.01 Å². The number of amides is 1. The summed E-state index contributed by atoms with van der Waals surface area (Å²) >= 11 is 11.6. The molecule has 0 spiro atoms. The van der Waals surface area contributed by atoms with Gasteiger partial charge in [-0.05, 0) is 19.1 Å². The van der Waals surface area contributed by atoms with Gasteiger partial charge < -0.3 is 4.79 Å². The number of carbonyl (C=O) groups excluding carboxylic acids is 2. The zero-order valence-corrected chi connectivity index (χ0v) is 11.9. The van der Waals surface area contributed by atoms with E-state index < -0.39 is 23.6 Å². The molecule has 0 radical (unpaired) electrons. The van der Waals surface area contributed by atoms with Crippen LogP contribution in [0, 0.1) is 5.92 Å². The van der Waals surface area contributed by atoms with Crippen LogP contribution in [0.25, 0.3) is 0 Å². The molecule has 112 valence electrons. The molecule has 1 aliphatic rings. The van der Waals surface area contributed by atoms with Gasteiger partial charge in [-0.15, -0.1) is 0 Å². The van der Waals surface area contributed by atoms with Gasteiger partial charge in [0.25, 0.3) is 5.91 Å². The third kappa shape index (κ3) is 2.75. The Morgan fingerprint density at radius 1 is 1.29 bits per heavy atom. The minimum Gasteiger partial charge on any atom is -0.302 e. The molecule has 21 heavy (non-hydrogen) atoms. The Morgan fingerprint density at radius 3 is 2.19 bits per heavy atom. The number of hydrogen-bond acceptors (Lipinski definition) is 3. The summed E-state index contributed by atoms with van der Waals surface area (Å²) in [6.07, 6.45) is -4.22. The molecule has 1 unspecified atom stereocenters. The molecule has 0 aliphatic carbocycles. The highest BCUT2D eigenvalue weighted by atomic mass is 35.5. The molecule has 9 heteroatoms. The number of alkyl halides is 3. The quantitative estimate of drug-likeness (QED) is 0.611. The van der Waals surface area contributed by atoms with Gasteiger partial charge in [-0.25, -0.2) is 0 Å². The average molecular weight is 339 g/mol. The Kier molecular flexibility index (Phi) is 3.99. The van der Waals surface area contributed by atoms with Crippen molar-refractivity contribution in [3.63, 3.8) is 0 Å². The lowest BCUT2D eigenvalue weighted by molar-refractivity contribution is -0.137. The van der Waals surface area contributed by atoms with Crippen LogP contribution in [0.5, 0.6) is 0 Å². The molecule has 1 atom stereocenters. The van der Waals surface area contributed by atoms with Gasteiger partial charge in [0.15, 0.2) is 0 Å². The molecule has 0 aromatic heterocycles. The summed E-state index contributed by atoms with van der Waals surface area (Å²) in [6.45, 7) is 1.45. The molecule has 0 fully saturated rings. The Labute approximate surface area is 127 Å². The Hall–Kier alpha value is -1.60.